The highest BCUT2D eigenvalue weighted by molar-refractivity contribution is 5.85. The number of hydrogen-bond donors (Lipinski definition) is 1. The number of morpholine rings is 2. The van der Waals surface area contributed by atoms with Gasteiger partial charge in [-0.2, -0.15) is 13.2 Å². The van der Waals surface area contributed by atoms with Crippen LogP contribution in [0.2, 0.25) is 0 Å². The van der Waals surface area contributed by atoms with E-state index >= 15 is 0 Å². The predicted molar refractivity (Wildman–Crippen MR) is 162 cm³/mol. The summed E-state index contributed by atoms with van der Waals surface area (Å²) < 4.78 is 58.9. The molecule has 246 valence electrons. The molecule has 2 unspecified atom stereocenters. The highest BCUT2D eigenvalue weighted by Gasteiger charge is 2.40. The van der Waals surface area contributed by atoms with E-state index in [0.717, 1.165) is 35.7 Å². The largest absolute Gasteiger partial charge is 0.444 e. The van der Waals surface area contributed by atoms with E-state index in [4.69, 9.17) is 14.2 Å². The van der Waals surface area contributed by atoms with Gasteiger partial charge in [-0.25, -0.2) is 14.6 Å². The Balaban J connectivity index is 1.28. The summed E-state index contributed by atoms with van der Waals surface area (Å²) in [5, 5.41) is -0.0168. The highest BCUT2D eigenvalue weighted by Crippen LogP contribution is 2.40. The maximum Gasteiger partial charge on any atom is 0.418 e. The Labute approximate surface area is 264 Å². The zero-order valence-electron chi connectivity index (χ0n) is 26.2. The fourth-order valence-corrected chi connectivity index (χ4v) is 7.09. The van der Waals surface area contributed by atoms with Gasteiger partial charge in [-0.05, 0) is 74.4 Å². The number of nitrogens with one attached hydrogen (secondary N) is 1. The molecule has 46 heavy (non-hydrogen) atoms. The second-order valence-electron chi connectivity index (χ2n) is 13.6. The number of ether oxygens (including phenoxy) is 3. The van der Waals surface area contributed by atoms with Crippen LogP contribution in [-0.4, -0.2) is 94.0 Å². The lowest BCUT2D eigenvalue weighted by Crippen LogP contribution is -2.52. The third-order valence-corrected chi connectivity index (χ3v) is 9.25. The van der Waals surface area contributed by atoms with Crippen molar-refractivity contribution in [2.24, 2.45) is 0 Å². The topological polar surface area (TPSA) is 100 Å². The molecule has 10 nitrogen and oxygen atoms in total. The molecule has 4 aliphatic heterocycles. The van der Waals surface area contributed by atoms with Crippen molar-refractivity contribution in [1.29, 1.82) is 0 Å². The van der Waals surface area contributed by atoms with Gasteiger partial charge in [0, 0.05) is 56.1 Å². The Hall–Kier alpha value is -3.84. The molecule has 2 bridgehead atoms. The first-order chi connectivity index (χ1) is 21.8. The summed E-state index contributed by atoms with van der Waals surface area (Å²) in [6, 6.07) is 4.82. The number of hydrogen-bond acceptors (Lipinski definition) is 6. The Morgan fingerprint density at radius 3 is 2.50 bits per heavy atom. The average molecular weight is 642 g/mol. The zero-order chi connectivity index (χ0) is 32.4. The van der Waals surface area contributed by atoms with Crippen molar-refractivity contribution >= 4 is 23.2 Å². The summed E-state index contributed by atoms with van der Waals surface area (Å²) in [4.78, 5) is 39.6. The number of nitrogens with zero attached hydrogens (tertiary/aromatic N) is 4. The maximum absolute atomic E-state index is 13.8. The molecular formula is C33H38F3N5O5. The average Bonchev–Trinajstić information content (AvgIpc) is 3.60. The van der Waals surface area contributed by atoms with E-state index in [2.05, 4.69) is 9.97 Å². The van der Waals surface area contributed by atoms with Gasteiger partial charge in [0.05, 0.1) is 37.0 Å². The van der Waals surface area contributed by atoms with Crippen LogP contribution >= 0.6 is 0 Å². The van der Waals surface area contributed by atoms with Gasteiger partial charge in [-0.3, -0.25) is 4.90 Å². The second kappa shape index (κ2) is 11.4. The van der Waals surface area contributed by atoms with Crippen LogP contribution < -0.4 is 0 Å². The van der Waals surface area contributed by atoms with E-state index in [9.17, 15) is 22.8 Å². The van der Waals surface area contributed by atoms with Gasteiger partial charge >= 0.3 is 18.3 Å². The van der Waals surface area contributed by atoms with Gasteiger partial charge in [0.2, 0.25) is 0 Å². The Bertz CT molecular complexity index is 1660. The lowest BCUT2D eigenvalue weighted by Gasteiger charge is -2.41. The first kappa shape index (κ1) is 30.8. The molecule has 0 spiro atoms. The van der Waals surface area contributed by atoms with Gasteiger partial charge in [-0.1, -0.05) is 6.07 Å². The molecule has 3 fully saturated rings. The molecule has 0 saturated carbocycles. The van der Waals surface area contributed by atoms with Crippen LogP contribution in [0.4, 0.5) is 22.8 Å². The summed E-state index contributed by atoms with van der Waals surface area (Å²) in [5.41, 5.74) is 2.52. The molecule has 3 saturated heterocycles. The zero-order valence-corrected chi connectivity index (χ0v) is 26.2. The monoisotopic (exact) mass is 641 g/mol. The minimum atomic E-state index is -4.54. The van der Waals surface area contributed by atoms with Crippen molar-refractivity contribution < 1.29 is 37.0 Å². The third kappa shape index (κ3) is 5.90. The van der Waals surface area contributed by atoms with Gasteiger partial charge in [0.15, 0.2) is 0 Å². The summed E-state index contributed by atoms with van der Waals surface area (Å²) in [5.74, 6) is 0. The van der Waals surface area contributed by atoms with Gasteiger partial charge in [0.1, 0.15) is 11.2 Å². The summed E-state index contributed by atoms with van der Waals surface area (Å²) in [7, 11) is 0. The van der Waals surface area contributed by atoms with E-state index in [1.807, 2.05) is 42.7 Å². The van der Waals surface area contributed by atoms with E-state index in [0.29, 0.717) is 56.9 Å². The fourth-order valence-electron chi connectivity index (χ4n) is 7.09. The second-order valence-corrected chi connectivity index (χ2v) is 13.6. The molecule has 3 aromatic rings. The summed E-state index contributed by atoms with van der Waals surface area (Å²) in [6.45, 7) is 8.26. The number of carbonyl (C=O) groups is 2. The standard InChI is InChI=1S/C33H38F3N5O5/c1-32(2,3)46-31(43)41-8-9-44-18-28(41)24-11-20(21-12-25-27(33(34,35)36)14-38-29(25)37-13-21)10-19-6-7-39(17-26(19)24)30(42)40-15-22-4-5-23(16-40)45-22/h10-14,22-23,28H,4-9,15-18H2,1-3H3,(H,37,38)/t22?,23?,28-/m0/s1. The molecule has 7 rings (SSSR count). The number of amides is 3. The molecular weight excluding hydrogens is 603 g/mol. The molecule has 2 aromatic heterocycles. The minimum absolute atomic E-state index is 0.0168. The van der Waals surface area contributed by atoms with E-state index in [1.165, 1.54) is 6.07 Å². The van der Waals surface area contributed by atoms with Crippen LogP contribution in [0.5, 0.6) is 0 Å². The number of pyridine rings is 1. The first-order valence-corrected chi connectivity index (χ1v) is 15.8. The number of alkyl halides is 3. The first-order valence-electron chi connectivity index (χ1n) is 15.8. The van der Waals surface area contributed by atoms with Crippen molar-refractivity contribution in [1.82, 2.24) is 24.7 Å². The van der Waals surface area contributed by atoms with Crippen molar-refractivity contribution in [3.63, 3.8) is 0 Å². The van der Waals surface area contributed by atoms with Crippen molar-refractivity contribution in [2.75, 3.05) is 39.4 Å². The molecule has 3 amide bonds. The molecule has 0 aliphatic carbocycles. The van der Waals surface area contributed by atoms with Crippen LogP contribution in [0.25, 0.3) is 22.2 Å². The van der Waals surface area contributed by atoms with E-state index < -0.39 is 29.5 Å². The number of benzene rings is 1. The van der Waals surface area contributed by atoms with Crippen molar-refractivity contribution in [3.8, 4) is 11.1 Å². The van der Waals surface area contributed by atoms with Crippen LogP contribution in [0, 0.1) is 0 Å². The quantitative estimate of drug-likeness (QED) is 0.374. The van der Waals surface area contributed by atoms with Crippen LogP contribution in [0.3, 0.4) is 0 Å². The predicted octanol–water partition coefficient (Wildman–Crippen LogP) is 5.90. The smallest absolute Gasteiger partial charge is 0.418 e. The third-order valence-electron chi connectivity index (χ3n) is 9.25. The molecule has 4 aliphatic rings. The lowest BCUT2D eigenvalue weighted by atomic mass is 9.87. The molecule has 1 N–H and O–H groups in total. The molecule has 1 aromatic carbocycles. The van der Waals surface area contributed by atoms with Crippen LogP contribution in [0.1, 0.15) is 61.9 Å². The number of likely N-dealkylation sites (tertiary alicyclic amines) is 1. The fraction of sp³-hybridized carbons (Fsp3) is 0.545. The van der Waals surface area contributed by atoms with Crippen LogP contribution in [-0.2, 0) is 33.4 Å². The van der Waals surface area contributed by atoms with Crippen LogP contribution in [0.15, 0.2) is 30.6 Å². The summed E-state index contributed by atoms with van der Waals surface area (Å²) >= 11 is 0. The number of aromatic nitrogens is 2. The van der Waals surface area contributed by atoms with Crippen molar-refractivity contribution in [2.45, 2.75) is 76.6 Å². The normalized spacial score (nSPS) is 23.5. The number of aromatic amines is 1. The Morgan fingerprint density at radius 2 is 1.78 bits per heavy atom. The van der Waals surface area contributed by atoms with E-state index in [1.54, 1.807) is 11.1 Å². The Morgan fingerprint density at radius 1 is 1.02 bits per heavy atom. The number of urea groups is 1. The molecule has 13 heteroatoms. The number of rotatable bonds is 2. The highest BCUT2D eigenvalue weighted by atomic mass is 19.4. The molecule has 0 radical (unpaired) electrons. The molecule has 6 heterocycles. The maximum atomic E-state index is 13.8. The number of halogens is 3. The van der Waals surface area contributed by atoms with Crippen molar-refractivity contribution in [3.05, 3.63) is 52.8 Å². The Kier molecular flexibility index (Phi) is 7.66. The van der Waals surface area contributed by atoms with Gasteiger partial charge < -0.3 is 29.0 Å². The lowest BCUT2D eigenvalue weighted by molar-refractivity contribution is -0.136. The van der Waals surface area contributed by atoms with Gasteiger partial charge in [-0.15, -0.1) is 0 Å². The number of fused-ring (bicyclic) bond motifs is 4. The number of carbonyl (C=O) groups excluding carboxylic acids is 2. The minimum Gasteiger partial charge on any atom is -0.444 e. The molecule has 3 atom stereocenters. The van der Waals surface area contributed by atoms with E-state index in [-0.39, 0.29) is 35.9 Å². The van der Waals surface area contributed by atoms with Gasteiger partial charge in [0.25, 0.3) is 0 Å². The summed E-state index contributed by atoms with van der Waals surface area (Å²) in [6.07, 6.45) is 0.0861. The SMILES string of the molecule is CC(C)(C)OC(=O)N1CCOC[C@H]1c1cc(-c2cnc3[nH]cc(C(F)(F)F)c3c2)cc2c1CN(C(=O)N1CC3CCC(C1)O3)CC2. The number of H-pyrrole nitrogens is 1.